The number of rotatable bonds is 14. The fourth-order valence-electron chi connectivity index (χ4n) is 4.69. The van der Waals surface area contributed by atoms with Gasteiger partial charge in [0.05, 0.1) is 38.6 Å². The molecule has 2 nitrogen and oxygen atoms in total. The number of unbranched alkanes of at least 4 members (excludes halogenated alkanes) is 9. The molecule has 32 heavy (non-hydrogen) atoms. The lowest BCUT2D eigenvalue weighted by atomic mass is 10.1. The lowest BCUT2D eigenvalue weighted by Gasteiger charge is -2.41. The Hall–Kier alpha value is -1.45. The summed E-state index contributed by atoms with van der Waals surface area (Å²) in [6.07, 6.45) is 14.1. The average Bonchev–Trinajstić information content (AvgIpc) is 2.80. The summed E-state index contributed by atoms with van der Waals surface area (Å²) in [6, 6.07) is 18.3. The van der Waals surface area contributed by atoms with Gasteiger partial charge < -0.3 is 9.38 Å². The Morgan fingerprint density at radius 3 is 1.72 bits per heavy atom. The van der Waals surface area contributed by atoms with Gasteiger partial charge in [-0.2, -0.15) is 0 Å². The third-order valence-corrected chi connectivity index (χ3v) is 8.39. The predicted octanol–water partition coefficient (Wildman–Crippen LogP) is 8.68. The highest BCUT2D eigenvalue weighted by atomic mass is 32.2. The summed E-state index contributed by atoms with van der Waals surface area (Å²) in [5.74, 6) is 0. The molecule has 0 fully saturated rings. The maximum atomic E-state index is 2.56. The van der Waals surface area contributed by atoms with Crippen LogP contribution in [0.3, 0.4) is 0 Å². The van der Waals surface area contributed by atoms with Crippen molar-refractivity contribution in [1.29, 1.82) is 0 Å². The van der Waals surface area contributed by atoms with Crippen molar-refractivity contribution in [1.82, 2.24) is 0 Å². The maximum Gasteiger partial charge on any atom is 0.104 e. The first-order chi connectivity index (χ1) is 15.5. The molecule has 3 rings (SSSR count). The van der Waals surface area contributed by atoms with Gasteiger partial charge in [0.2, 0.25) is 0 Å². The van der Waals surface area contributed by atoms with Gasteiger partial charge in [-0.3, -0.25) is 0 Å². The molecular formula is C29H45N2S+. The van der Waals surface area contributed by atoms with Crippen molar-refractivity contribution in [2.75, 3.05) is 32.1 Å². The molecule has 0 aromatic heterocycles. The van der Waals surface area contributed by atoms with Crippen molar-refractivity contribution in [2.45, 2.75) is 93.9 Å². The third-order valence-electron chi connectivity index (χ3n) is 7.26. The summed E-state index contributed by atoms with van der Waals surface area (Å²) >= 11 is 1.90. The summed E-state index contributed by atoms with van der Waals surface area (Å²) in [5, 5.41) is 0. The standard InChI is InChI=1S/C29H45N2S/c1-5-6-7-8-9-10-11-12-13-18-23-31(3,4)25(2)24-30-26-19-14-16-21-28(26)32-29-22-17-15-20-27(29)30/h14-17,19-22,25H,5-13,18,23-24H2,1-4H3/q+1. The minimum atomic E-state index is 0.567. The van der Waals surface area contributed by atoms with E-state index in [1.165, 1.54) is 91.9 Å². The molecule has 2 aromatic carbocycles. The second-order valence-corrected chi connectivity index (χ2v) is 11.3. The highest BCUT2D eigenvalue weighted by molar-refractivity contribution is 7.99. The smallest absolute Gasteiger partial charge is 0.104 e. The molecule has 0 spiro atoms. The van der Waals surface area contributed by atoms with E-state index in [4.69, 9.17) is 0 Å². The van der Waals surface area contributed by atoms with E-state index in [0.717, 1.165) is 11.0 Å². The van der Waals surface area contributed by atoms with Crippen LogP contribution in [0.1, 0.15) is 78.1 Å². The van der Waals surface area contributed by atoms with Gasteiger partial charge >= 0.3 is 0 Å². The summed E-state index contributed by atoms with van der Waals surface area (Å²) in [4.78, 5) is 5.31. The zero-order valence-electron chi connectivity index (χ0n) is 21.0. The molecule has 3 heteroatoms. The van der Waals surface area contributed by atoms with Gasteiger partial charge in [0.15, 0.2) is 0 Å². The molecule has 176 valence electrons. The first-order valence-electron chi connectivity index (χ1n) is 13.0. The van der Waals surface area contributed by atoms with Crippen molar-refractivity contribution in [3.05, 3.63) is 48.5 Å². The normalized spacial score (nSPS) is 14.2. The fourth-order valence-corrected chi connectivity index (χ4v) is 5.79. The molecule has 1 heterocycles. The van der Waals surface area contributed by atoms with Crippen molar-refractivity contribution in [3.8, 4) is 0 Å². The van der Waals surface area contributed by atoms with Crippen LogP contribution in [0.4, 0.5) is 11.4 Å². The number of para-hydroxylation sites is 2. The molecule has 1 aliphatic heterocycles. The second kappa shape index (κ2) is 12.7. The molecule has 0 aliphatic carbocycles. The molecule has 1 atom stereocenters. The first-order valence-corrected chi connectivity index (χ1v) is 13.8. The highest BCUT2D eigenvalue weighted by Gasteiger charge is 2.30. The zero-order valence-corrected chi connectivity index (χ0v) is 21.8. The van der Waals surface area contributed by atoms with Crippen LogP contribution in [0.15, 0.2) is 58.3 Å². The summed E-state index contributed by atoms with van der Waals surface area (Å²) in [5.41, 5.74) is 2.73. The van der Waals surface area contributed by atoms with Gasteiger partial charge in [-0.05, 0) is 44.0 Å². The van der Waals surface area contributed by atoms with Crippen molar-refractivity contribution in [3.63, 3.8) is 0 Å². The molecule has 0 N–H and O–H groups in total. The number of nitrogens with zero attached hydrogens (tertiary/aromatic N) is 2. The lowest BCUT2D eigenvalue weighted by molar-refractivity contribution is -0.911. The topological polar surface area (TPSA) is 3.24 Å². The first kappa shape index (κ1) is 25.2. The molecule has 0 saturated heterocycles. The third kappa shape index (κ3) is 7.02. The quantitative estimate of drug-likeness (QED) is 0.208. The molecule has 0 amide bonds. The Balaban J connectivity index is 1.47. The van der Waals surface area contributed by atoms with Crippen molar-refractivity contribution >= 4 is 23.1 Å². The van der Waals surface area contributed by atoms with E-state index in [-0.39, 0.29) is 0 Å². The number of fused-ring (bicyclic) bond motifs is 2. The average molecular weight is 454 g/mol. The van der Waals surface area contributed by atoms with E-state index in [9.17, 15) is 0 Å². The van der Waals surface area contributed by atoms with Crippen LogP contribution in [-0.4, -0.2) is 37.7 Å². The van der Waals surface area contributed by atoms with E-state index in [1.807, 2.05) is 11.8 Å². The van der Waals surface area contributed by atoms with Gasteiger partial charge in [-0.1, -0.05) is 94.3 Å². The van der Waals surface area contributed by atoms with Crippen LogP contribution >= 0.6 is 11.8 Å². The van der Waals surface area contributed by atoms with Crippen LogP contribution in [-0.2, 0) is 0 Å². The number of anilines is 2. The Kier molecular flexibility index (Phi) is 9.99. The molecule has 1 unspecified atom stereocenters. The molecular weight excluding hydrogens is 408 g/mol. The number of hydrogen-bond acceptors (Lipinski definition) is 2. The highest BCUT2D eigenvalue weighted by Crippen LogP contribution is 2.48. The monoisotopic (exact) mass is 453 g/mol. The Bertz CT molecular complexity index is 771. The summed E-state index contributed by atoms with van der Waals surface area (Å²) in [7, 11) is 4.85. The lowest BCUT2D eigenvalue weighted by Crippen LogP contribution is -2.52. The van der Waals surface area contributed by atoms with Gasteiger partial charge in [0, 0.05) is 9.79 Å². The number of likely N-dealkylation sites (N-methyl/N-ethyl adjacent to an activating group) is 1. The van der Waals surface area contributed by atoms with E-state index in [0.29, 0.717) is 6.04 Å². The molecule has 2 aromatic rings. The number of hydrogen-bond donors (Lipinski definition) is 0. The van der Waals surface area contributed by atoms with Crippen molar-refractivity contribution in [2.24, 2.45) is 0 Å². The van der Waals surface area contributed by atoms with Crippen LogP contribution in [0.5, 0.6) is 0 Å². The summed E-state index contributed by atoms with van der Waals surface area (Å²) < 4.78 is 1.09. The Morgan fingerprint density at radius 1 is 0.719 bits per heavy atom. The fraction of sp³-hybridized carbons (Fsp3) is 0.586. The predicted molar refractivity (Wildman–Crippen MR) is 142 cm³/mol. The van der Waals surface area contributed by atoms with E-state index in [1.54, 1.807) is 0 Å². The largest absolute Gasteiger partial charge is 0.334 e. The van der Waals surface area contributed by atoms with Crippen LogP contribution in [0.25, 0.3) is 0 Å². The SMILES string of the molecule is CCCCCCCCCCCC[N+](C)(C)C(C)CN1c2ccccc2Sc2ccccc21. The number of benzene rings is 2. The minimum absolute atomic E-state index is 0.567. The van der Waals surface area contributed by atoms with Gasteiger partial charge in [-0.25, -0.2) is 0 Å². The van der Waals surface area contributed by atoms with Crippen molar-refractivity contribution < 1.29 is 4.48 Å². The van der Waals surface area contributed by atoms with Gasteiger partial charge in [-0.15, -0.1) is 0 Å². The van der Waals surface area contributed by atoms with Gasteiger partial charge in [0.25, 0.3) is 0 Å². The van der Waals surface area contributed by atoms with Gasteiger partial charge in [0.1, 0.15) is 6.04 Å². The Labute approximate surface area is 202 Å². The Morgan fingerprint density at radius 2 is 1.19 bits per heavy atom. The number of quaternary nitrogens is 1. The second-order valence-electron chi connectivity index (χ2n) is 10.2. The van der Waals surface area contributed by atoms with Crippen LogP contribution < -0.4 is 4.90 Å². The van der Waals surface area contributed by atoms with E-state index >= 15 is 0 Å². The maximum absolute atomic E-state index is 2.56. The van der Waals surface area contributed by atoms with Crippen LogP contribution in [0, 0.1) is 0 Å². The molecule has 0 radical (unpaired) electrons. The van der Waals surface area contributed by atoms with Crippen LogP contribution in [0.2, 0.25) is 0 Å². The summed E-state index contributed by atoms with van der Waals surface area (Å²) in [6.45, 7) is 7.05. The molecule has 0 bridgehead atoms. The van der Waals surface area contributed by atoms with E-state index in [2.05, 4.69) is 81.4 Å². The van der Waals surface area contributed by atoms with E-state index < -0.39 is 0 Å². The minimum Gasteiger partial charge on any atom is -0.334 e. The molecule has 1 aliphatic rings. The zero-order chi connectivity index (χ0) is 22.8. The molecule has 0 saturated carbocycles.